The summed E-state index contributed by atoms with van der Waals surface area (Å²) >= 11 is 0. The predicted octanol–water partition coefficient (Wildman–Crippen LogP) is 3.32. The van der Waals surface area contributed by atoms with Crippen LogP contribution in [0.4, 0.5) is 23.7 Å². The number of hydrogen-bond acceptors (Lipinski definition) is 9. The Balaban J connectivity index is 1.60. The third-order valence-corrected chi connectivity index (χ3v) is 7.42. The number of imidazole rings is 1. The van der Waals surface area contributed by atoms with Crippen molar-refractivity contribution in [1.82, 2.24) is 34.3 Å². The number of allylic oxidation sites excluding steroid dienone is 1. The predicted molar refractivity (Wildman–Crippen MR) is 163 cm³/mol. The lowest BCUT2D eigenvalue weighted by atomic mass is 10.1. The molecule has 1 unspecified atom stereocenters. The topological polar surface area (TPSA) is 163 Å². The van der Waals surface area contributed by atoms with Crippen molar-refractivity contribution in [3.8, 4) is 0 Å². The third kappa shape index (κ3) is 9.37. The number of anilines is 1. The van der Waals surface area contributed by atoms with Gasteiger partial charge in [0, 0.05) is 39.7 Å². The van der Waals surface area contributed by atoms with Crippen molar-refractivity contribution >= 4 is 34.8 Å². The Morgan fingerprint density at radius 2 is 2.02 bits per heavy atom. The Morgan fingerprint density at radius 1 is 1.23 bits per heavy atom. The van der Waals surface area contributed by atoms with Crippen LogP contribution in [0.3, 0.4) is 0 Å². The molecule has 4 heterocycles. The maximum absolute atomic E-state index is 13.6. The number of amides is 3. The summed E-state index contributed by atoms with van der Waals surface area (Å²) in [4.78, 5) is 64.9. The first-order valence-corrected chi connectivity index (χ1v) is 15.0. The fraction of sp³-hybridized carbons (Fsp3) is 0.500. The lowest BCUT2D eigenvalue weighted by Gasteiger charge is -2.25. The molecule has 1 fully saturated rings. The zero-order chi connectivity index (χ0) is 34.1. The first-order chi connectivity index (χ1) is 22.4. The number of alkyl carbamates (subject to hydrolysis) is 1. The van der Waals surface area contributed by atoms with E-state index in [9.17, 15) is 32.3 Å². The number of halogens is 3. The molecular formula is C30H37F3N8O6. The molecule has 0 aliphatic carbocycles. The van der Waals surface area contributed by atoms with Gasteiger partial charge in [-0.15, -0.1) is 0 Å². The lowest BCUT2D eigenvalue weighted by Crippen LogP contribution is -2.44. The number of hydrogen-bond donors (Lipinski definition) is 2. The van der Waals surface area contributed by atoms with Gasteiger partial charge in [0.1, 0.15) is 35.6 Å². The molecule has 1 aliphatic heterocycles. The number of ether oxygens (including phenoxy) is 2. The minimum absolute atomic E-state index is 0.0882. The van der Waals surface area contributed by atoms with Gasteiger partial charge in [-0.2, -0.15) is 13.2 Å². The number of nitrogens with zero attached hydrogens (tertiary/aromatic N) is 6. The number of aromatic nitrogens is 5. The molecule has 3 aromatic heterocycles. The highest BCUT2D eigenvalue weighted by Gasteiger charge is 2.29. The number of likely N-dealkylation sites (N-methyl/N-ethyl adjacent to an activating group) is 1. The van der Waals surface area contributed by atoms with E-state index in [4.69, 9.17) is 4.74 Å². The molecule has 0 aromatic carbocycles. The molecule has 17 heteroatoms. The van der Waals surface area contributed by atoms with Crippen LogP contribution in [-0.2, 0) is 32.0 Å². The van der Waals surface area contributed by atoms with Gasteiger partial charge in [0.2, 0.25) is 11.8 Å². The van der Waals surface area contributed by atoms with Crippen molar-refractivity contribution in [2.24, 2.45) is 0 Å². The van der Waals surface area contributed by atoms with Gasteiger partial charge in [-0.1, -0.05) is 6.08 Å². The van der Waals surface area contributed by atoms with E-state index in [-0.39, 0.29) is 42.2 Å². The molecule has 2 N–H and O–H groups in total. The van der Waals surface area contributed by atoms with Crippen LogP contribution in [0.5, 0.6) is 0 Å². The fourth-order valence-electron chi connectivity index (χ4n) is 4.98. The van der Waals surface area contributed by atoms with Crippen LogP contribution in [0.1, 0.15) is 56.3 Å². The zero-order valence-corrected chi connectivity index (χ0v) is 26.2. The second kappa shape index (κ2) is 15.7. The van der Waals surface area contributed by atoms with Crippen LogP contribution in [-0.4, -0.2) is 86.9 Å². The van der Waals surface area contributed by atoms with Crippen LogP contribution in [0.2, 0.25) is 0 Å². The standard InChI is InChI=1S/C30H37F3N8O6/c1-39(2)23(42)11-5-4-9-20(37-29(45)46-3)27(43)36-21-10-8-15-40(28(21)44)17-22-38-25-19(13-14-30(31,32)33)34-18-35-26(25)41(22)24-12-6-7-16-47-24/h5,8,10-11,15,18,20,24H,4,6-7,9,12-14,16-17H2,1-3H3,(H,36,43)(H,37,45)/b11-5+/t20-,24?/m0/s1. The second-order valence-electron chi connectivity index (χ2n) is 11.1. The number of alkyl halides is 3. The van der Waals surface area contributed by atoms with Gasteiger partial charge >= 0.3 is 12.3 Å². The molecule has 3 amide bonds. The van der Waals surface area contributed by atoms with Gasteiger partial charge in [-0.25, -0.2) is 19.7 Å². The zero-order valence-electron chi connectivity index (χ0n) is 26.2. The summed E-state index contributed by atoms with van der Waals surface area (Å²) < 4.78 is 52.7. The van der Waals surface area contributed by atoms with E-state index in [0.717, 1.165) is 20.0 Å². The van der Waals surface area contributed by atoms with E-state index in [1.807, 2.05) is 0 Å². The molecule has 1 aliphatic rings. The van der Waals surface area contributed by atoms with Gasteiger partial charge in [0.05, 0.1) is 19.3 Å². The summed E-state index contributed by atoms with van der Waals surface area (Å²) in [5.74, 6) is -0.620. The highest BCUT2D eigenvalue weighted by Crippen LogP contribution is 2.30. The Kier molecular flexibility index (Phi) is 11.7. The number of aryl methyl sites for hydroxylation is 1. The van der Waals surface area contributed by atoms with Crippen molar-refractivity contribution in [2.45, 2.75) is 69.9 Å². The number of carbonyl (C=O) groups excluding carboxylic acids is 3. The highest BCUT2D eigenvalue weighted by atomic mass is 19.4. The quantitative estimate of drug-likeness (QED) is 0.277. The summed E-state index contributed by atoms with van der Waals surface area (Å²) in [6, 6.07) is 1.83. The van der Waals surface area contributed by atoms with E-state index in [1.54, 1.807) is 24.7 Å². The molecule has 4 rings (SSSR count). The fourth-order valence-corrected chi connectivity index (χ4v) is 4.98. The van der Waals surface area contributed by atoms with Gasteiger partial charge in [0.15, 0.2) is 5.65 Å². The van der Waals surface area contributed by atoms with Crippen molar-refractivity contribution < 1.29 is 37.0 Å². The van der Waals surface area contributed by atoms with E-state index < -0.39 is 48.8 Å². The molecule has 3 aromatic rings. The molecule has 2 atom stereocenters. The van der Waals surface area contributed by atoms with Gasteiger partial charge in [0.25, 0.3) is 5.56 Å². The minimum Gasteiger partial charge on any atom is -0.453 e. The smallest absolute Gasteiger partial charge is 0.407 e. The highest BCUT2D eigenvalue weighted by molar-refractivity contribution is 5.96. The Bertz CT molecular complexity index is 1660. The maximum atomic E-state index is 13.6. The second-order valence-corrected chi connectivity index (χ2v) is 11.1. The molecule has 0 spiro atoms. The monoisotopic (exact) mass is 662 g/mol. The molecule has 254 valence electrons. The Hall–Kier alpha value is -4.80. The molecule has 47 heavy (non-hydrogen) atoms. The Morgan fingerprint density at radius 3 is 2.70 bits per heavy atom. The van der Waals surface area contributed by atoms with E-state index in [0.29, 0.717) is 24.5 Å². The average Bonchev–Trinajstić information content (AvgIpc) is 3.41. The van der Waals surface area contributed by atoms with Crippen molar-refractivity contribution in [3.63, 3.8) is 0 Å². The van der Waals surface area contributed by atoms with Crippen LogP contribution in [0.15, 0.2) is 41.6 Å². The van der Waals surface area contributed by atoms with Crippen LogP contribution >= 0.6 is 0 Å². The molecule has 0 radical (unpaired) electrons. The summed E-state index contributed by atoms with van der Waals surface area (Å²) in [6.07, 6.45) is 1.03. The summed E-state index contributed by atoms with van der Waals surface area (Å²) in [5.41, 5.74) is -0.0666. The number of pyridine rings is 1. The van der Waals surface area contributed by atoms with E-state index >= 15 is 0 Å². The molecule has 14 nitrogen and oxygen atoms in total. The van der Waals surface area contributed by atoms with Crippen LogP contribution in [0, 0.1) is 0 Å². The van der Waals surface area contributed by atoms with Gasteiger partial charge in [-0.05, 0) is 50.3 Å². The summed E-state index contributed by atoms with van der Waals surface area (Å²) in [7, 11) is 4.34. The van der Waals surface area contributed by atoms with E-state index in [1.165, 1.54) is 40.2 Å². The minimum atomic E-state index is -4.39. The largest absolute Gasteiger partial charge is 0.453 e. The SMILES string of the molecule is COC(=O)N[C@@H](CC/C=C/C(=O)N(C)C)C(=O)Nc1cccn(Cc2nc3c(CCC(F)(F)F)ncnc3n2C2CCCCO2)c1=O. The average molecular weight is 663 g/mol. The number of fused-ring (bicyclic) bond motifs is 1. The molecule has 0 saturated carbocycles. The van der Waals surface area contributed by atoms with Crippen LogP contribution in [0.25, 0.3) is 11.2 Å². The first kappa shape index (κ1) is 35.1. The maximum Gasteiger partial charge on any atom is 0.407 e. The normalized spacial score (nSPS) is 15.8. The number of nitrogens with one attached hydrogen (secondary N) is 2. The van der Waals surface area contributed by atoms with Crippen molar-refractivity contribution in [2.75, 3.05) is 33.1 Å². The number of rotatable bonds is 12. The third-order valence-electron chi connectivity index (χ3n) is 7.42. The van der Waals surface area contributed by atoms with Gasteiger partial charge in [-0.3, -0.25) is 19.0 Å². The summed E-state index contributed by atoms with van der Waals surface area (Å²) in [6.45, 7) is 0.353. The van der Waals surface area contributed by atoms with Crippen molar-refractivity contribution in [1.29, 1.82) is 0 Å². The lowest BCUT2D eigenvalue weighted by molar-refractivity contribution is -0.134. The number of methoxy groups -OCH3 is 1. The van der Waals surface area contributed by atoms with E-state index in [2.05, 4.69) is 30.3 Å². The molecule has 1 saturated heterocycles. The Labute approximate surface area is 268 Å². The van der Waals surface area contributed by atoms with Gasteiger partial charge < -0.3 is 29.6 Å². The van der Waals surface area contributed by atoms with Crippen LogP contribution < -0.4 is 16.2 Å². The number of carbonyl (C=O) groups is 3. The molecular weight excluding hydrogens is 625 g/mol. The molecule has 0 bridgehead atoms. The van der Waals surface area contributed by atoms with Crippen molar-refractivity contribution in [3.05, 3.63) is 58.7 Å². The summed E-state index contributed by atoms with van der Waals surface area (Å²) in [5, 5.41) is 4.99. The first-order valence-electron chi connectivity index (χ1n) is 15.0.